The van der Waals surface area contributed by atoms with E-state index < -0.39 is 17.5 Å². The zero-order valence-electron chi connectivity index (χ0n) is 18.4. The Hall–Kier alpha value is -3.55. The Bertz CT molecular complexity index is 1120. The third kappa shape index (κ3) is 5.10. The predicted octanol–water partition coefficient (Wildman–Crippen LogP) is 4.47. The van der Waals surface area contributed by atoms with Crippen LogP contribution in [0.15, 0.2) is 54.7 Å². The van der Waals surface area contributed by atoms with Crippen LogP contribution in [-0.2, 0) is 4.79 Å². The van der Waals surface area contributed by atoms with E-state index in [0.717, 1.165) is 23.4 Å². The third-order valence-corrected chi connectivity index (χ3v) is 6.05. The molecule has 0 bridgehead atoms. The molecule has 6 nitrogen and oxygen atoms in total. The summed E-state index contributed by atoms with van der Waals surface area (Å²) in [6.07, 6.45) is 3.39. The minimum absolute atomic E-state index is 0.0837. The fourth-order valence-corrected chi connectivity index (χ4v) is 4.11. The van der Waals surface area contributed by atoms with Crippen molar-refractivity contribution in [2.75, 3.05) is 13.1 Å². The maximum Gasteiger partial charge on any atom is 0.256 e. The highest BCUT2D eigenvalue weighted by Gasteiger charge is 2.30. The number of aromatic nitrogens is 2. The van der Waals surface area contributed by atoms with Crippen molar-refractivity contribution >= 4 is 11.8 Å². The predicted molar refractivity (Wildman–Crippen MR) is 120 cm³/mol. The van der Waals surface area contributed by atoms with E-state index in [1.807, 2.05) is 37.3 Å². The fourth-order valence-electron chi connectivity index (χ4n) is 4.11. The molecular weight excluding hydrogens is 426 g/mol. The summed E-state index contributed by atoms with van der Waals surface area (Å²) >= 11 is 0. The van der Waals surface area contributed by atoms with Crippen molar-refractivity contribution in [1.82, 2.24) is 20.2 Å². The first-order valence-electron chi connectivity index (χ1n) is 11.1. The average molecular weight is 453 g/mol. The highest BCUT2D eigenvalue weighted by molar-refractivity contribution is 5.94. The van der Waals surface area contributed by atoms with Crippen LogP contribution < -0.4 is 5.32 Å². The molecule has 1 unspecified atom stereocenters. The Morgan fingerprint density at radius 3 is 2.55 bits per heavy atom. The van der Waals surface area contributed by atoms with Crippen LogP contribution in [0.2, 0.25) is 0 Å². The van der Waals surface area contributed by atoms with Gasteiger partial charge >= 0.3 is 0 Å². The van der Waals surface area contributed by atoms with Gasteiger partial charge in [-0.05, 0) is 37.0 Å². The molecule has 1 fully saturated rings. The van der Waals surface area contributed by atoms with Gasteiger partial charge in [0.15, 0.2) is 0 Å². The van der Waals surface area contributed by atoms with Crippen LogP contribution in [0.25, 0.3) is 11.3 Å². The minimum atomic E-state index is -0.876. The van der Waals surface area contributed by atoms with Gasteiger partial charge in [-0.25, -0.2) is 13.8 Å². The lowest BCUT2D eigenvalue weighted by Crippen LogP contribution is -2.44. The van der Waals surface area contributed by atoms with Gasteiger partial charge in [0.1, 0.15) is 17.5 Å². The van der Waals surface area contributed by atoms with Crippen LogP contribution in [-0.4, -0.2) is 39.8 Å². The second-order valence-corrected chi connectivity index (χ2v) is 8.21. The Morgan fingerprint density at radius 2 is 1.88 bits per heavy atom. The standard InChI is InChI=1S/C25H26F2N4O2/c1-2-21(23-28-15-22(29-23)16-6-4-3-5-7-16)30-24(32)17-10-12-31(13-11-17)25(33)19-9-8-18(26)14-20(19)27/h3-9,14-15,17,21H,2,10-13H2,1H3,(H,28,29)(H,30,32). The Balaban J connectivity index is 1.34. The van der Waals surface area contributed by atoms with Gasteiger partial charge in [0.25, 0.3) is 5.91 Å². The van der Waals surface area contributed by atoms with Crippen molar-refractivity contribution in [2.24, 2.45) is 5.92 Å². The van der Waals surface area contributed by atoms with Crippen molar-refractivity contribution in [3.05, 3.63) is 77.8 Å². The number of nitrogens with zero attached hydrogens (tertiary/aromatic N) is 2. The lowest BCUT2D eigenvalue weighted by Gasteiger charge is -2.32. The number of halogens is 2. The molecule has 1 aliphatic heterocycles. The molecule has 1 aliphatic rings. The van der Waals surface area contributed by atoms with Crippen molar-refractivity contribution in [3.63, 3.8) is 0 Å². The van der Waals surface area contributed by atoms with E-state index in [1.165, 1.54) is 4.90 Å². The number of carbonyl (C=O) groups is 2. The van der Waals surface area contributed by atoms with Gasteiger partial charge in [-0.15, -0.1) is 0 Å². The molecule has 1 saturated heterocycles. The van der Waals surface area contributed by atoms with Crippen molar-refractivity contribution in [1.29, 1.82) is 0 Å². The first kappa shape index (κ1) is 22.6. The largest absolute Gasteiger partial charge is 0.346 e. The molecule has 0 spiro atoms. The van der Waals surface area contributed by atoms with E-state index in [0.29, 0.717) is 44.2 Å². The lowest BCUT2D eigenvalue weighted by molar-refractivity contribution is -0.127. The summed E-state index contributed by atoms with van der Waals surface area (Å²) in [5.41, 5.74) is 1.75. The zero-order chi connectivity index (χ0) is 23.4. The molecule has 0 aliphatic carbocycles. The summed E-state index contributed by atoms with van der Waals surface area (Å²) in [4.78, 5) is 34.8. The maximum absolute atomic E-state index is 14.0. The van der Waals surface area contributed by atoms with Crippen molar-refractivity contribution in [3.8, 4) is 11.3 Å². The van der Waals surface area contributed by atoms with Crippen LogP contribution in [0.3, 0.4) is 0 Å². The third-order valence-electron chi connectivity index (χ3n) is 6.05. The van der Waals surface area contributed by atoms with Gasteiger partial charge in [-0.1, -0.05) is 37.3 Å². The Labute approximate surface area is 191 Å². The number of H-pyrrole nitrogens is 1. The number of carbonyl (C=O) groups excluding carboxylic acids is 2. The Kier molecular flexibility index (Phi) is 6.82. The smallest absolute Gasteiger partial charge is 0.256 e. The zero-order valence-corrected chi connectivity index (χ0v) is 18.4. The molecule has 0 saturated carbocycles. The molecule has 3 aromatic rings. The summed E-state index contributed by atoms with van der Waals surface area (Å²) in [6, 6.07) is 12.5. The fraction of sp³-hybridized carbons (Fsp3) is 0.320. The van der Waals surface area contributed by atoms with E-state index in [-0.39, 0.29) is 23.4 Å². The SMILES string of the molecule is CCC(NC(=O)C1CCN(C(=O)c2ccc(F)cc2F)CC1)c1ncc(-c2ccccc2)[nH]1. The molecule has 2 N–H and O–H groups in total. The minimum Gasteiger partial charge on any atom is -0.346 e. The van der Waals surface area contributed by atoms with E-state index in [1.54, 1.807) is 6.20 Å². The molecule has 2 aromatic carbocycles. The highest BCUT2D eigenvalue weighted by Crippen LogP contribution is 2.24. The van der Waals surface area contributed by atoms with Crippen LogP contribution >= 0.6 is 0 Å². The quantitative estimate of drug-likeness (QED) is 0.579. The van der Waals surface area contributed by atoms with Crippen molar-refractivity contribution < 1.29 is 18.4 Å². The number of benzene rings is 2. The van der Waals surface area contributed by atoms with Gasteiger partial charge in [-0.2, -0.15) is 0 Å². The molecule has 2 heterocycles. The molecule has 8 heteroatoms. The van der Waals surface area contributed by atoms with Crippen LogP contribution in [0, 0.1) is 17.6 Å². The van der Waals surface area contributed by atoms with Crippen LogP contribution in [0.5, 0.6) is 0 Å². The number of amides is 2. The second-order valence-electron chi connectivity index (χ2n) is 8.21. The van der Waals surface area contributed by atoms with Gasteiger partial charge in [0.2, 0.25) is 5.91 Å². The number of hydrogen-bond donors (Lipinski definition) is 2. The summed E-state index contributed by atoms with van der Waals surface area (Å²) in [5.74, 6) is -1.72. The topological polar surface area (TPSA) is 78.1 Å². The summed E-state index contributed by atoms with van der Waals surface area (Å²) in [6.45, 7) is 2.65. The van der Waals surface area contributed by atoms with Crippen molar-refractivity contribution in [2.45, 2.75) is 32.2 Å². The number of hydrogen-bond acceptors (Lipinski definition) is 3. The number of aromatic amines is 1. The molecule has 33 heavy (non-hydrogen) atoms. The maximum atomic E-state index is 14.0. The van der Waals surface area contributed by atoms with E-state index in [2.05, 4.69) is 15.3 Å². The molecule has 1 aromatic heterocycles. The molecular formula is C25H26F2N4O2. The molecule has 172 valence electrons. The van der Waals surface area contributed by atoms with Gasteiger partial charge < -0.3 is 15.2 Å². The summed E-state index contributed by atoms with van der Waals surface area (Å²) < 4.78 is 27.1. The highest BCUT2D eigenvalue weighted by atomic mass is 19.1. The number of likely N-dealkylation sites (tertiary alicyclic amines) is 1. The van der Waals surface area contributed by atoms with E-state index in [4.69, 9.17) is 0 Å². The first-order valence-corrected chi connectivity index (χ1v) is 11.1. The average Bonchev–Trinajstić information content (AvgIpc) is 3.33. The summed E-state index contributed by atoms with van der Waals surface area (Å²) in [5, 5.41) is 3.07. The molecule has 0 radical (unpaired) electrons. The first-order chi connectivity index (χ1) is 16.0. The van der Waals surface area contributed by atoms with E-state index in [9.17, 15) is 18.4 Å². The van der Waals surface area contributed by atoms with Gasteiger partial charge in [0, 0.05) is 25.1 Å². The molecule has 2 amide bonds. The monoisotopic (exact) mass is 452 g/mol. The second kappa shape index (κ2) is 9.94. The van der Waals surface area contributed by atoms with Crippen LogP contribution in [0.1, 0.15) is 48.4 Å². The summed E-state index contributed by atoms with van der Waals surface area (Å²) in [7, 11) is 0. The molecule has 4 rings (SSSR count). The number of rotatable bonds is 6. The normalized spacial score (nSPS) is 15.3. The number of nitrogens with one attached hydrogen (secondary N) is 2. The Morgan fingerprint density at radius 1 is 1.15 bits per heavy atom. The molecule has 1 atom stereocenters. The lowest BCUT2D eigenvalue weighted by atomic mass is 9.95. The number of imidazole rings is 1. The van der Waals surface area contributed by atoms with Crippen LogP contribution in [0.4, 0.5) is 8.78 Å². The van der Waals surface area contributed by atoms with Gasteiger partial charge in [-0.3, -0.25) is 9.59 Å². The van der Waals surface area contributed by atoms with Gasteiger partial charge in [0.05, 0.1) is 23.5 Å². The number of piperidine rings is 1. The van der Waals surface area contributed by atoms with E-state index >= 15 is 0 Å².